The maximum atomic E-state index is 6.30. The number of benzene rings is 10. The Morgan fingerprint density at radius 2 is 0.738 bits per heavy atom. The first-order chi connectivity index (χ1) is 39.1. The Bertz CT molecular complexity index is 4360. The summed E-state index contributed by atoms with van der Waals surface area (Å²) >= 11 is 0. The monoisotopic (exact) mass is 1200 g/mol. The summed E-state index contributed by atoms with van der Waals surface area (Å²) in [5.74, 6) is 0. The third kappa shape index (κ3) is 9.67. The van der Waals surface area contributed by atoms with Crippen molar-refractivity contribution in [2.24, 2.45) is 0 Å². The van der Waals surface area contributed by atoms with Gasteiger partial charge in [0.25, 0.3) is 0 Å². The van der Waals surface area contributed by atoms with Gasteiger partial charge in [-0.05, 0) is 104 Å². The Balaban J connectivity index is 0.00000605. The minimum atomic E-state index is 0. The van der Waals surface area contributed by atoms with Crippen molar-refractivity contribution in [1.29, 1.82) is 0 Å². The molecule has 0 bridgehead atoms. The zero-order chi connectivity index (χ0) is 52.5. The predicted octanol–water partition coefficient (Wildman–Crippen LogP) is 19.5. The first-order valence-corrected chi connectivity index (χ1v) is 26.5. The molecule has 10 aromatic carbocycles. The molecule has 0 aliphatic carbocycles. The molecule has 4 heterocycles. The van der Waals surface area contributed by atoms with E-state index in [-0.39, 0.29) is 20.1 Å². The van der Waals surface area contributed by atoms with Crippen molar-refractivity contribution < 1.29 is 24.5 Å². The largest absolute Gasteiger partial charge is 3.00 e. The molecule has 0 radical (unpaired) electrons. The van der Waals surface area contributed by atoms with E-state index in [4.69, 9.17) is 9.40 Å². The van der Waals surface area contributed by atoms with Crippen molar-refractivity contribution in [2.75, 3.05) is 0 Å². The Morgan fingerprint density at radius 3 is 1.29 bits per heavy atom. The summed E-state index contributed by atoms with van der Waals surface area (Å²) < 4.78 is 6.30. The quantitative estimate of drug-likeness (QED) is 0.121. The zero-order valence-corrected chi connectivity index (χ0v) is 45.5. The first kappa shape index (κ1) is 49.7. The Kier molecular flexibility index (Phi) is 13.6. The predicted molar refractivity (Wildman–Crippen MR) is 323 cm³/mol. The summed E-state index contributed by atoms with van der Waals surface area (Å²) in [7, 11) is 0. The number of fused-ring (bicyclic) bond motifs is 3. The van der Waals surface area contributed by atoms with Gasteiger partial charge in [0.05, 0.1) is 0 Å². The number of hydrogen-bond acceptors (Lipinski definition) is 4. The molecule has 80 heavy (non-hydrogen) atoms. The van der Waals surface area contributed by atoms with Gasteiger partial charge in [-0.3, -0.25) is 4.98 Å². The van der Waals surface area contributed by atoms with E-state index >= 15 is 0 Å². The number of pyridine rings is 3. The van der Waals surface area contributed by atoms with E-state index in [1.54, 1.807) is 0 Å². The van der Waals surface area contributed by atoms with Crippen molar-refractivity contribution in [3.05, 3.63) is 298 Å². The van der Waals surface area contributed by atoms with E-state index < -0.39 is 0 Å². The normalized spacial score (nSPS) is 11.2. The smallest absolute Gasteiger partial charge is 0.439 e. The third-order valence-electron chi connectivity index (χ3n) is 14.8. The number of hydrogen-bond donors (Lipinski definition) is 0. The first-order valence-electron chi connectivity index (χ1n) is 26.5. The van der Waals surface area contributed by atoms with E-state index in [1.165, 1.54) is 5.56 Å². The van der Waals surface area contributed by atoms with Crippen LogP contribution in [-0.4, -0.2) is 15.0 Å². The van der Waals surface area contributed by atoms with Crippen LogP contribution in [0, 0.1) is 18.2 Å². The van der Waals surface area contributed by atoms with Crippen molar-refractivity contribution in [2.45, 2.75) is 0 Å². The molecule has 0 saturated heterocycles. The van der Waals surface area contributed by atoms with Crippen LogP contribution in [0.1, 0.15) is 0 Å². The van der Waals surface area contributed by atoms with Crippen molar-refractivity contribution in [1.82, 2.24) is 15.0 Å². The van der Waals surface area contributed by atoms with Crippen LogP contribution in [0.5, 0.6) is 0 Å². The van der Waals surface area contributed by atoms with Gasteiger partial charge in [-0.1, -0.05) is 221 Å². The molecule has 4 nitrogen and oxygen atoms in total. The van der Waals surface area contributed by atoms with Gasteiger partial charge in [-0.15, -0.1) is 83.4 Å². The average Bonchev–Trinajstić information content (AvgIpc) is 4.08. The fourth-order valence-corrected chi connectivity index (χ4v) is 10.9. The van der Waals surface area contributed by atoms with Crippen LogP contribution in [0.25, 0.3) is 145 Å². The summed E-state index contributed by atoms with van der Waals surface area (Å²) in [5, 5.41) is 2.04. The fourth-order valence-electron chi connectivity index (χ4n) is 10.9. The van der Waals surface area contributed by atoms with Gasteiger partial charge in [0.1, 0.15) is 5.58 Å². The van der Waals surface area contributed by atoms with Crippen LogP contribution in [0.3, 0.4) is 0 Å². The molecule has 4 aromatic heterocycles. The summed E-state index contributed by atoms with van der Waals surface area (Å²) in [6.45, 7) is 0. The van der Waals surface area contributed by atoms with Crippen LogP contribution in [0.15, 0.2) is 284 Å². The van der Waals surface area contributed by atoms with E-state index in [9.17, 15) is 0 Å². The molecule has 376 valence electrons. The summed E-state index contributed by atoms with van der Waals surface area (Å²) in [6.07, 6.45) is 3.64. The van der Waals surface area contributed by atoms with E-state index in [1.807, 2.05) is 67.0 Å². The summed E-state index contributed by atoms with van der Waals surface area (Å²) in [5.41, 5.74) is 24.3. The second-order valence-corrected chi connectivity index (χ2v) is 19.6. The van der Waals surface area contributed by atoms with E-state index in [0.29, 0.717) is 5.71 Å². The Morgan fingerprint density at radius 1 is 0.275 bits per heavy atom. The SMILES string of the molecule is [Ir+3].[c-]1cc(-c2ccccc2-c2cc(-c3ccccc3-c3c[c-]c(-c4ccccn4)cc3)cc(-c3ccccc3-c3c[c-]c(-c4ccc5c(n4)oc4ccccc45)cc3-c3ccc(-c4ccccc4)cc3)c2)ccc1-c1ccccn1. The van der Waals surface area contributed by atoms with Gasteiger partial charge in [0.15, 0.2) is 0 Å². The standard InChI is InChI=1S/C75H46N3O.Ir/c1-2-16-50(17-3-1)51-28-30-54(31-29-51)70-49-57(73-43-42-69-68-24-10-11-27-74(68)79-75(69)78-73)40-41-67(70)66-23-9-8-22-65(66)60-47-58(63-20-6-4-18-61(63)52-32-36-55(37-33-52)71-25-12-14-44-76-71)46-59(48-60)64-21-7-5-19-62(64)53-34-38-56(39-35-53)72-26-13-15-45-77-72;/h1-36,38,41-49H;/q-3;+3. The molecular formula is C75H46IrN3O. The molecule has 0 atom stereocenters. The zero-order valence-electron chi connectivity index (χ0n) is 43.1. The molecule has 0 saturated carbocycles. The number of nitrogens with zero attached hydrogens (tertiary/aromatic N) is 3. The van der Waals surface area contributed by atoms with Crippen molar-refractivity contribution >= 4 is 22.1 Å². The molecule has 0 N–H and O–H groups in total. The van der Waals surface area contributed by atoms with Gasteiger partial charge in [0, 0.05) is 23.2 Å². The molecule has 0 unspecified atom stereocenters. The molecule has 0 aliphatic heterocycles. The van der Waals surface area contributed by atoms with Crippen LogP contribution in [0.2, 0.25) is 0 Å². The summed E-state index contributed by atoms with van der Waals surface area (Å²) in [6, 6.07) is 105. The molecule has 0 fully saturated rings. The van der Waals surface area contributed by atoms with Crippen molar-refractivity contribution in [3.8, 4) is 123 Å². The Labute approximate surface area is 478 Å². The minimum absolute atomic E-state index is 0. The number of aromatic nitrogens is 3. The van der Waals surface area contributed by atoms with Crippen LogP contribution in [-0.2, 0) is 20.1 Å². The van der Waals surface area contributed by atoms with Crippen molar-refractivity contribution in [3.63, 3.8) is 0 Å². The molecule has 0 aliphatic rings. The second kappa shape index (κ2) is 21.9. The maximum absolute atomic E-state index is 6.30. The van der Waals surface area contributed by atoms with Crippen LogP contribution < -0.4 is 0 Å². The van der Waals surface area contributed by atoms with Crippen LogP contribution >= 0.6 is 0 Å². The molecule has 14 rings (SSSR count). The average molecular weight is 1200 g/mol. The molecule has 14 aromatic rings. The molecule has 0 amide bonds. The third-order valence-corrected chi connectivity index (χ3v) is 14.8. The van der Waals surface area contributed by atoms with Gasteiger partial charge < -0.3 is 14.4 Å². The molecular weight excluding hydrogens is 1150 g/mol. The minimum Gasteiger partial charge on any atom is -0.439 e. The van der Waals surface area contributed by atoms with Gasteiger partial charge in [0.2, 0.25) is 5.71 Å². The van der Waals surface area contributed by atoms with Gasteiger partial charge >= 0.3 is 20.1 Å². The Hall–Kier alpha value is -9.90. The topological polar surface area (TPSA) is 51.8 Å². The molecule has 5 heteroatoms. The molecule has 0 spiro atoms. The van der Waals surface area contributed by atoms with Crippen LogP contribution in [0.4, 0.5) is 0 Å². The summed E-state index contributed by atoms with van der Waals surface area (Å²) in [4.78, 5) is 14.3. The van der Waals surface area contributed by atoms with Gasteiger partial charge in [-0.2, -0.15) is 0 Å². The maximum Gasteiger partial charge on any atom is 3.00 e. The number of rotatable bonds is 11. The fraction of sp³-hybridized carbons (Fsp3) is 0. The van der Waals surface area contributed by atoms with E-state index in [2.05, 4.69) is 240 Å². The second-order valence-electron chi connectivity index (χ2n) is 19.6. The van der Waals surface area contributed by atoms with E-state index in [0.717, 1.165) is 134 Å². The number of furan rings is 1. The van der Waals surface area contributed by atoms with Gasteiger partial charge in [-0.25, -0.2) is 0 Å². The number of para-hydroxylation sites is 1.